The van der Waals surface area contributed by atoms with E-state index in [-0.39, 0.29) is 12.3 Å². The monoisotopic (exact) mass is 382 g/mol. The third-order valence-electron chi connectivity index (χ3n) is 4.47. The van der Waals surface area contributed by atoms with Crippen LogP contribution in [0, 0.1) is 0 Å². The van der Waals surface area contributed by atoms with Crippen LogP contribution in [0.2, 0.25) is 0 Å². The van der Waals surface area contributed by atoms with Crippen molar-refractivity contribution in [2.24, 2.45) is 0 Å². The number of hydrogen-bond donors (Lipinski definition) is 3. The summed E-state index contributed by atoms with van der Waals surface area (Å²) in [6, 6.07) is 14.5. The van der Waals surface area contributed by atoms with E-state index in [4.69, 9.17) is 5.11 Å². The van der Waals surface area contributed by atoms with Gasteiger partial charge in [-0.05, 0) is 36.1 Å². The fraction of sp³-hybridized carbons (Fsp3) is 0.318. The first-order valence-corrected chi connectivity index (χ1v) is 9.26. The highest BCUT2D eigenvalue weighted by Gasteiger charge is 2.25. The minimum Gasteiger partial charge on any atom is -0.480 e. The van der Waals surface area contributed by atoms with E-state index >= 15 is 0 Å². The maximum Gasteiger partial charge on any atom is 0.325 e. The number of aliphatic carboxylic acids is 1. The summed E-state index contributed by atoms with van der Waals surface area (Å²) in [6.07, 6.45) is 0.259. The Labute approximate surface area is 165 Å². The van der Waals surface area contributed by atoms with E-state index < -0.39 is 24.0 Å². The fourth-order valence-corrected chi connectivity index (χ4v) is 2.69. The smallest absolute Gasteiger partial charge is 0.325 e. The molecular weight excluding hydrogens is 356 g/mol. The van der Waals surface area contributed by atoms with Crippen LogP contribution in [0.15, 0.2) is 54.6 Å². The zero-order valence-corrected chi connectivity index (χ0v) is 16.3. The summed E-state index contributed by atoms with van der Waals surface area (Å²) in [5.41, 5.74) is 2.49. The van der Waals surface area contributed by atoms with Crippen LogP contribution in [0.25, 0.3) is 0 Å². The van der Waals surface area contributed by atoms with Gasteiger partial charge in [0, 0.05) is 12.0 Å². The molecule has 2 aromatic rings. The summed E-state index contributed by atoms with van der Waals surface area (Å²) in [6.45, 7) is 5.57. The minimum absolute atomic E-state index is 0.259. The Morgan fingerprint density at radius 1 is 0.893 bits per heavy atom. The molecule has 0 aliphatic heterocycles. The van der Waals surface area contributed by atoms with Gasteiger partial charge in [0.2, 0.25) is 5.91 Å². The van der Waals surface area contributed by atoms with Gasteiger partial charge in [-0.3, -0.25) is 14.4 Å². The van der Waals surface area contributed by atoms with E-state index in [0.29, 0.717) is 11.5 Å². The second-order valence-corrected chi connectivity index (χ2v) is 7.06. The van der Waals surface area contributed by atoms with Gasteiger partial charge in [-0.1, -0.05) is 56.3 Å². The fourth-order valence-electron chi connectivity index (χ4n) is 2.69. The molecule has 2 rings (SSSR count). The molecule has 0 bridgehead atoms. The minimum atomic E-state index is -1.14. The average molecular weight is 382 g/mol. The second kappa shape index (κ2) is 9.69. The van der Waals surface area contributed by atoms with Gasteiger partial charge < -0.3 is 15.7 Å². The quantitative estimate of drug-likeness (QED) is 0.654. The van der Waals surface area contributed by atoms with Crippen LogP contribution in [-0.2, 0) is 16.0 Å². The van der Waals surface area contributed by atoms with Crippen LogP contribution in [-0.4, -0.2) is 35.0 Å². The molecule has 0 spiro atoms. The van der Waals surface area contributed by atoms with Crippen LogP contribution in [0.5, 0.6) is 0 Å². The Bertz CT molecular complexity index is 816. The zero-order valence-electron chi connectivity index (χ0n) is 16.3. The van der Waals surface area contributed by atoms with E-state index in [1.807, 2.05) is 24.3 Å². The molecular formula is C22H26N2O4. The average Bonchev–Trinajstić information content (AvgIpc) is 2.68. The van der Waals surface area contributed by atoms with E-state index in [9.17, 15) is 14.4 Å². The highest BCUT2D eigenvalue weighted by atomic mass is 16.4. The number of hydrogen-bond acceptors (Lipinski definition) is 3. The van der Waals surface area contributed by atoms with Crippen molar-refractivity contribution in [3.05, 3.63) is 71.3 Å². The summed E-state index contributed by atoms with van der Waals surface area (Å²) in [7, 11) is 0. The van der Waals surface area contributed by atoms with Gasteiger partial charge in [0.25, 0.3) is 5.91 Å². The second-order valence-electron chi connectivity index (χ2n) is 7.06. The molecule has 0 aliphatic carbocycles. The first-order valence-electron chi connectivity index (χ1n) is 9.26. The van der Waals surface area contributed by atoms with Gasteiger partial charge in [-0.2, -0.15) is 0 Å². The normalized spacial score (nSPS) is 12.9. The third kappa shape index (κ3) is 5.94. The van der Waals surface area contributed by atoms with E-state index in [1.165, 1.54) is 12.5 Å². The summed E-state index contributed by atoms with van der Waals surface area (Å²) in [5.74, 6) is -1.67. The molecule has 0 saturated carbocycles. The molecule has 2 aromatic carbocycles. The Hall–Kier alpha value is -3.15. The summed E-state index contributed by atoms with van der Waals surface area (Å²) >= 11 is 0. The summed E-state index contributed by atoms with van der Waals surface area (Å²) in [5, 5.41) is 14.2. The predicted octanol–water partition coefficient (Wildman–Crippen LogP) is 2.74. The van der Waals surface area contributed by atoms with Crippen molar-refractivity contribution in [2.75, 3.05) is 0 Å². The van der Waals surface area contributed by atoms with Crippen LogP contribution in [0.4, 0.5) is 0 Å². The van der Waals surface area contributed by atoms with Crippen molar-refractivity contribution >= 4 is 17.8 Å². The third-order valence-corrected chi connectivity index (χ3v) is 4.47. The van der Waals surface area contributed by atoms with Crippen molar-refractivity contribution in [3.63, 3.8) is 0 Å². The van der Waals surface area contributed by atoms with Crippen molar-refractivity contribution in [1.82, 2.24) is 10.6 Å². The van der Waals surface area contributed by atoms with Crippen molar-refractivity contribution in [1.29, 1.82) is 0 Å². The van der Waals surface area contributed by atoms with Crippen LogP contribution in [0.3, 0.4) is 0 Å². The molecule has 0 fully saturated rings. The van der Waals surface area contributed by atoms with Crippen LogP contribution in [0.1, 0.15) is 48.2 Å². The van der Waals surface area contributed by atoms with Crippen molar-refractivity contribution in [2.45, 2.75) is 45.2 Å². The molecule has 2 amide bonds. The number of amides is 2. The van der Waals surface area contributed by atoms with Gasteiger partial charge >= 0.3 is 5.97 Å². The predicted molar refractivity (Wildman–Crippen MR) is 107 cm³/mol. The number of rotatable bonds is 8. The maximum atomic E-state index is 12.6. The van der Waals surface area contributed by atoms with E-state index in [2.05, 4.69) is 24.5 Å². The van der Waals surface area contributed by atoms with Crippen LogP contribution < -0.4 is 10.6 Å². The molecule has 0 saturated heterocycles. The highest BCUT2D eigenvalue weighted by molar-refractivity contribution is 5.98. The Balaban J connectivity index is 2.18. The lowest BCUT2D eigenvalue weighted by Crippen LogP contribution is -2.51. The summed E-state index contributed by atoms with van der Waals surface area (Å²) < 4.78 is 0. The molecule has 0 unspecified atom stereocenters. The van der Waals surface area contributed by atoms with Crippen molar-refractivity contribution < 1.29 is 19.5 Å². The molecule has 0 aliphatic rings. The SMILES string of the molecule is CC(C)c1ccc(C[C@@H](NC(=O)c2ccccc2)C(=O)N[C@@H](C)C(=O)O)cc1. The van der Waals surface area contributed by atoms with Gasteiger partial charge in [0.15, 0.2) is 0 Å². The summed E-state index contributed by atoms with van der Waals surface area (Å²) in [4.78, 5) is 36.2. The number of carboxylic acids is 1. The molecule has 28 heavy (non-hydrogen) atoms. The Morgan fingerprint density at radius 3 is 2.04 bits per heavy atom. The molecule has 6 nitrogen and oxygen atoms in total. The number of benzene rings is 2. The number of carbonyl (C=O) groups is 3. The van der Waals surface area contributed by atoms with E-state index in [0.717, 1.165) is 5.56 Å². The topological polar surface area (TPSA) is 95.5 Å². The first-order chi connectivity index (χ1) is 13.3. The van der Waals surface area contributed by atoms with Gasteiger partial charge in [-0.15, -0.1) is 0 Å². The lowest BCUT2D eigenvalue weighted by molar-refractivity contribution is -0.141. The van der Waals surface area contributed by atoms with Crippen molar-refractivity contribution in [3.8, 4) is 0 Å². The number of carbonyl (C=O) groups excluding carboxylic acids is 2. The molecule has 6 heteroatoms. The van der Waals surface area contributed by atoms with E-state index in [1.54, 1.807) is 30.3 Å². The number of carboxylic acid groups (broad SMARTS) is 1. The lowest BCUT2D eigenvalue weighted by atomic mass is 9.98. The zero-order chi connectivity index (χ0) is 20.7. The first kappa shape index (κ1) is 21.2. The number of nitrogens with one attached hydrogen (secondary N) is 2. The van der Waals surface area contributed by atoms with Gasteiger partial charge in [-0.25, -0.2) is 0 Å². The molecule has 0 heterocycles. The largest absolute Gasteiger partial charge is 0.480 e. The molecule has 0 radical (unpaired) electrons. The Kier molecular flexibility index (Phi) is 7.32. The highest BCUT2D eigenvalue weighted by Crippen LogP contribution is 2.16. The molecule has 3 N–H and O–H groups in total. The Morgan fingerprint density at radius 2 is 1.50 bits per heavy atom. The molecule has 148 valence electrons. The standard InChI is InChI=1S/C22H26N2O4/c1-14(2)17-11-9-16(10-12-17)13-19(21(26)23-15(3)22(27)28)24-20(25)18-7-5-4-6-8-18/h4-12,14-15,19H,13H2,1-3H3,(H,23,26)(H,24,25)(H,27,28)/t15-,19+/m0/s1. The van der Waals surface area contributed by atoms with Gasteiger partial charge in [0.1, 0.15) is 12.1 Å². The lowest BCUT2D eigenvalue weighted by Gasteiger charge is -2.20. The maximum absolute atomic E-state index is 12.6. The molecule has 0 aromatic heterocycles. The van der Waals surface area contributed by atoms with Crippen LogP contribution >= 0.6 is 0 Å². The van der Waals surface area contributed by atoms with Gasteiger partial charge in [0.05, 0.1) is 0 Å². The molecule has 2 atom stereocenters.